The highest BCUT2D eigenvalue weighted by molar-refractivity contribution is 8.34. The summed E-state index contributed by atoms with van der Waals surface area (Å²) < 4.78 is 6.92. The molecule has 0 aromatic heterocycles. The minimum absolute atomic E-state index is 0.163. The highest BCUT2D eigenvalue weighted by Crippen LogP contribution is 2.63. The van der Waals surface area contributed by atoms with E-state index in [-0.39, 0.29) is 4.75 Å². The van der Waals surface area contributed by atoms with E-state index < -0.39 is 25.4 Å². The summed E-state index contributed by atoms with van der Waals surface area (Å²) in [4.78, 5) is 0. The van der Waals surface area contributed by atoms with Crippen LogP contribution in [-0.2, 0) is 16.5 Å². The second-order valence-corrected chi connectivity index (χ2v) is 17.4. The predicted molar refractivity (Wildman–Crippen MR) is 131 cm³/mol. The fraction of sp³-hybridized carbons (Fsp3) is 0.727. The van der Waals surface area contributed by atoms with Gasteiger partial charge in [0.05, 0.1) is 0 Å². The monoisotopic (exact) mass is 435 g/mol. The molecular weight excluding hydrogens is 394 g/mol. The Kier molecular flexibility index (Phi) is 9.09. The summed E-state index contributed by atoms with van der Waals surface area (Å²) in [6.07, 6.45) is 13.9. The first-order valence-electron chi connectivity index (χ1n) is 9.85. The lowest BCUT2D eigenvalue weighted by atomic mass is 10.1. The highest BCUT2D eigenvalue weighted by Gasteiger charge is 2.42. The molecule has 2 nitrogen and oxygen atoms in total. The summed E-state index contributed by atoms with van der Waals surface area (Å²) in [6, 6.07) is 8.61. The van der Waals surface area contributed by atoms with Crippen molar-refractivity contribution in [3.05, 3.63) is 35.4 Å². The van der Waals surface area contributed by atoms with Crippen molar-refractivity contribution >= 4 is 31.9 Å². The van der Waals surface area contributed by atoms with Gasteiger partial charge in [-0.05, 0) is 61.7 Å². The number of alkyl halides is 1. The molecule has 0 spiro atoms. The second-order valence-electron chi connectivity index (χ2n) is 9.14. The van der Waals surface area contributed by atoms with E-state index in [2.05, 4.69) is 77.0 Å². The van der Waals surface area contributed by atoms with Crippen LogP contribution in [0.4, 0.5) is 0 Å². The molecule has 0 heterocycles. The lowest BCUT2D eigenvalue weighted by Crippen LogP contribution is -2.48. The maximum absolute atomic E-state index is 6.83. The molecule has 5 heteroatoms. The van der Waals surface area contributed by atoms with Crippen LogP contribution in [0, 0.1) is 0 Å². The van der Waals surface area contributed by atoms with Crippen molar-refractivity contribution in [1.29, 1.82) is 0 Å². The van der Waals surface area contributed by atoms with Crippen LogP contribution >= 0.6 is 31.9 Å². The first-order chi connectivity index (χ1) is 12.3. The van der Waals surface area contributed by atoms with Gasteiger partial charge in [0, 0.05) is 10.6 Å². The van der Waals surface area contributed by atoms with E-state index >= 15 is 0 Å². The van der Waals surface area contributed by atoms with Gasteiger partial charge in [-0.1, -0.05) is 57.9 Å². The fourth-order valence-corrected chi connectivity index (χ4v) is 7.10. The van der Waals surface area contributed by atoms with Gasteiger partial charge in [-0.2, -0.15) is 0 Å². The standard InChI is InChI=1S/C22H42ClNOS2/c1-9-10-16-21(2,3)27(7,8)25-22(4,24)26(5,6)17-15-19-11-13-20(18-23)14-12-19/h11-14H,9-10,15-18,24H2,1-8H3. The van der Waals surface area contributed by atoms with Crippen LogP contribution in [-0.4, -0.2) is 40.6 Å². The summed E-state index contributed by atoms with van der Waals surface area (Å²) in [6.45, 7) is 9.03. The molecule has 2 N–H and O–H groups in total. The van der Waals surface area contributed by atoms with E-state index in [0.717, 1.165) is 12.2 Å². The molecule has 1 atom stereocenters. The number of hydrogen-bond acceptors (Lipinski definition) is 2. The van der Waals surface area contributed by atoms with Crippen molar-refractivity contribution in [2.45, 2.75) is 69.1 Å². The number of rotatable bonds is 11. The van der Waals surface area contributed by atoms with Gasteiger partial charge in [0.1, 0.15) is 0 Å². The van der Waals surface area contributed by atoms with Gasteiger partial charge in [-0.25, -0.2) is 10.0 Å². The molecule has 0 aliphatic carbocycles. The minimum atomic E-state index is -1.28. The molecule has 0 aliphatic heterocycles. The Morgan fingerprint density at radius 2 is 1.52 bits per heavy atom. The zero-order valence-electron chi connectivity index (χ0n) is 18.7. The lowest BCUT2D eigenvalue weighted by molar-refractivity contribution is 0.212. The van der Waals surface area contributed by atoms with Crippen LogP contribution in [0.5, 0.6) is 0 Å². The minimum Gasteiger partial charge on any atom is -0.306 e. The number of hydrogen-bond donors (Lipinski definition) is 1. The molecule has 1 unspecified atom stereocenters. The third-order valence-corrected chi connectivity index (χ3v) is 13.6. The normalized spacial score (nSPS) is 16.8. The Morgan fingerprint density at radius 1 is 1.00 bits per heavy atom. The van der Waals surface area contributed by atoms with Crippen LogP contribution in [0.15, 0.2) is 24.3 Å². The van der Waals surface area contributed by atoms with Crippen molar-refractivity contribution in [1.82, 2.24) is 0 Å². The van der Waals surface area contributed by atoms with Gasteiger partial charge in [-0.3, -0.25) is 5.73 Å². The molecule has 0 saturated carbocycles. The Bertz CT molecular complexity index is 582. The van der Waals surface area contributed by atoms with Crippen molar-refractivity contribution in [3.63, 3.8) is 0 Å². The molecule has 0 bridgehead atoms. The van der Waals surface area contributed by atoms with Crippen LogP contribution in [0.25, 0.3) is 0 Å². The van der Waals surface area contributed by atoms with E-state index in [1.165, 1.54) is 30.4 Å². The maximum atomic E-state index is 6.83. The van der Waals surface area contributed by atoms with Gasteiger partial charge in [0.15, 0.2) is 5.06 Å². The quantitative estimate of drug-likeness (QED) is 0.312. The van der Waals surface area contributed by atoms with Crippen molar-refractivity contribution in [2.24, 2.45) is 5.73 Å². The molecule has 1 rings (SSSR count). The molecule has 27 heavy (non-hydrogen) atoms. The molecule has 0 aliphatic rings. The van der Waals surface area contributed by atoms with E-state index in [0.29, 0.717) is 5.88 Å². The molecule has 0 amide bonds. The van der Waals surface area contributed by atoms with Crippen molar-refractivity contribution in [2.75, 3.05) is 30.8 Å². The predicted octanol–water partition coefficient (Wildman–Crippen LogP) is 6.63. The van der Waals surface area contributed by atoms with Gasteiger partial charge in [0.2, 0.25) is 0 Å². The van der Waals surface area contributed by atoms with E-state index in [9.17, 15) is 0 Å². The number of benzene rings is 1. The third-order valence-electron chi connectivity index (χ3n) is 6.01. The summed E-state index contributed by atoms with van der Waals surface area (Å²) in [5.41, 5.74) is 9.34. The van der Waals surface area contributed by atoms with E-state index in [1.807, 2.05) is 0 Å². The summed E-state index contributed by atoms with van der Waals surface area (Å²) in [5, 5.41) is -0.592. The zero-order valence-corrected chi connectivity index (χ0v) is 21.1. The topological polar surface area (TPSA) is 35.2 Å². The molecule has 1 aromatic carbocycles. The smallest absolute Gasteiger partial charge is 0.157 e. The fourth-order valence-electron chi connectivity index (χ4n) is 2.84. The number of aryl methyl sites for hydroxylation is 1. The second kappa shape index (κ2) is 9.75. The maximum Gasteiger partial charge on any atom is 0.157 e. The highest BCUT2D eigenvalue weighted by atomic mass is 35.5. The van der Waals surface area contributed by atoms with E-state index in [4.69, 9.17) is 21.5 Å². The van der Waals surface area contributed by atoms with E-state index in [1.54, 1.807) is 0 Å². The summed E-state index contributed by atoms with van der Waals surface area (Å²) in [5.74, 6) is 1.63. The Hall–Kier alpha value is 0.130. The molecule has 0 radical (unpaired) electrons. The molecule has 160 valence electrons. The van der Waals surface area contributed by atoms with Gasteiger partial charge in [0.25, 0.3) is 0 Å². The Balaban J connectivity index is 2.82. The van der Waals surface area contributed by atoms with Gasteiger partial charge >= 0.3 is 0 Å². The van der Waals surface area contributed by atoms with Gasteiger partial charge < -0.3 is 4.18 Å². The molecule has 0 fully saturated rings. The Morgan fingerprint density at radius 3 is 2.00 bits per heavy atom. The first-order valence-corrected chi connectivity index (χ1v) is 15.4. The van der Waals surface area contributed by atoms with Crippen LogP contribution in [0.2, 0.25) is 0 Å². The molecule has 1 aromatic rings. The lowest BCUT2D eigenvalue weighted by Gasteiger charge is -2.55. The van der Waals surface area contributed by atoms with Crippen molar-refractivity contribution in [3.8, 4) is 0 Å². The van der Waals surface area contributed by atoms with Gasteiger partial charge in [-0.15, -0.1) is 21.9 Å². The SMILES string of the molecule is CCCCC(C)(C)S(C)(C)OC(C)(N)S(C)(C)CCc1ccc(CCl)cc1. The Labute approximate surface area is 176 Å². The summed E-state index contributed by atoms with van der Waals surface area (Å²) in [7, 11) is -2.42. The van der Waals surface area contributed by atoms with Crippen LogP contribution in [0.3, 0.4) is 0 Å². The average molecular weight is 436 g/mol. The number of halogens is 1. The third kappa shape index (κ3) is 6.85. The van der Waals surface area contributed by atoms with Crippen LogP contribution < -0.4 is 5.73 Å². The summed E-state index contributed by atoms with van der Waals surface area (Å²) >= 11 is 5.89. The molecular formula is C22H42ClNOS2. The molecule has 0 saturated heterocycles. The average Bonchev–Trinajstić information content (AvgIpc) is 2.57. The number of nitrogens with two attached hydrogens (primary N) is 1. The largest absolute Gasteiger partial charge is 0.306 e. The zero-order chi connectivity index (χ0) is 20.9. The number of unbranched alkanes of at least 4 members (excludes halogenated alkanes) is 1. The van der Waals surface area contributed by atoms with Crippen molar-refractivity contribution < 1.29 is 4.18 Å². The van der Waals surface area contributed by atoms with Crippen LogP contribution in [0.1, 0.15) is 58.1 Å². The first kappa shape index (κ1) is 25.2.